The molecule has 0 aliphatic carbocycles. The highest BCUT2D eigenvalue weighted by atomic mass is 35.5. The van der Waals surface area contributed by atoms with Gasteiger partial charge in [-0.15, -0.1) is 17.5 Å². The molecule has 0 aromatic heterocycles. The Balaban J connectivity index is 4.81. The molecule has 0 N–H and O–H groups in total. The van der Waals surface area contributed by atoms with Gasteiger partial charge in [-0.1, -0.05) is 46.3 Å². The van der Waals surface area contributed by atoms with Gasteiger partial charge in [0, 0.05) is 11.9 Å². The Morgan fingerprint density at radius 2 is 1.65 bits per heavy atom. The van der Waals surface area contributed by atoms with Crippen LogP contribution in [0.5, 0.6) is 0 Å². The van der Waals surface area contributed by atoms with Crippen LogP contribution in [0.15, 0.2) is 0 Å². The second-order valence-electron chi connectivity index (χ2n) is 8.26. The Kier molecular flexibility index (Phi) is 8.13. The standard InChI is InChI=1S/C16H33ClOSi2/c1-16(2,3)20(7,8)18-15(11-9-13-17)12-10-14-19(4,5)6/h15H,9,11,13-14H2,1-8H3/t15-/m0/s1. The maximum absolute atomic E-state index is 6.44. The van der Waals surface area contributed by atoms with Gasteiger partial charge in [-0.25, -0.2) is 0 Å². The maximum Gasteiger partial charge on any atom is 0.193 e. The lowest BCUT2D eigenvalue weighted by atomic mass is 10.2. The first kappa shape index (κ1) is 20.2. The third kappa shape index (κ3) is 8.51. The fourth-order valence-corrected chi connectivity index (χ4v) is 3.41. The predicted molar refractivity (Wildman–Crippen MR) is 98.0 cm³/mol. The van der Waals surface area contributed by atoms with Gasteiger partial charge in [0.15, 0.2) is 8.32 Å². The van der Waals surface area contributed by atoms with Crippen LogP contribution in [0.2, 0.25) is 43.8 Å². The topological polar surface area (TPSA) is 9.23 Å². The third-order valence-electron chi connectivity index (χ3n) is 3.72. The summed E-state index contributed by atoms with van der Waals surface area (Å²) in [5, 5.41) is 0.229. The monoisotopic (exact) mass is 332 g/mol. The van der Waals surface area contributed by atoms with E-state index in [-0.39, 0.29) is 11.1 Å². The molecule has 20 heavy (non-hydrogen) atoms. The van der Waals surface area contributed by atoms with E-state index in [0.29, 0.717) is 5.88 Å². The van der Waals surface area contributed by atoms with Crippen LogP contribution in [0.1, 0.15) is 33.6 Å². The number of hydrogen-bond acceptors (Lipinski definition) is 1. The van der Waals surface area contributed by atoms with Gasteiger partial charge in [0.1, 0.15) is 6.10 Å². The molecule has 0 saturated carbocycles. The van der Waals surface area contributed by atoms with Crippen LogP contribution in [0.4, 0.5) is 0 Å². The van der Waals surface area contributed by atoms with Gasteiger partial charge in [-0.3, -0.25) is 0 Å². The molecule has 0 saturated heterocycles. The fraction of sp³-hybridized carbons (Fsp3) is 0.875. The quantitative estimate of drug-likeness (QED) is 0.342. The molecular formula is C16H33ClOSi2. The smallest absolute Gasteiger partial charge is 0.193 e. The van der Waals surface area contributed by atoms with E-state index in [0.717, 1.165) is 18.9 Å². The minimum atomic E-state index is -1.75. The average Bonchev–Trinajstić information content (AvgIpc) is 2.21. The molecule has 1 nitrogen and oxygen atoms in total. The number of alkyl halides is 1. The summed E-state index contributed by atoms with van der Waals surface area (Å²) in [4.78, 5) is 0. The van der Waals surface area contributed by atoms with Crippen molar-refractivity contribution in [2.75, 3.05) is 5.88 Å². The van der Waals surface area contributed by atoms with Crippen LogP contribution in [-0.4, -0.2) is 28.4 Å². The Labute approximate surface area is 134 Å². The highest BCUT2D eigenvalue weighted by Gasteiger charge is 2.38. The highest BCUT2D eigenvalue weighted by Crippen LogP contribution is 2.37. The molecule has 118 valence electrons. The predicted octanol–water partition coefficient (Wildman–Crippen LogP) is 5.74. The second kappa shape index (κ2) is 8.03. The average molecular weight is 333 g/mol. The van der Waals surface area contributed by atoms with Crippen molar-refractivity contribution in [2.45, 2.75) is 83.5 Å². The van der Waals surface area contributed by atoms with Crippen molar-refractivity contribution >= 4 is 28.0 Å². The van der Waals surface area contributed by atoms with Crippen molar-refractivity contribution in [3.05, 3.63) is 0 Å². The van der Waals surface area contributed by atoms with Crippen LogP contribution in [0, 0.1) is 11.8 Å². The van der Waals surface area contributed by atoms with Crippen molar-refractivity contribution in [2.24, 2.45) is 0 Å². The van der Waals surface area contributed by atoms with Gasteiger partial charge in [0.05, 0.1) is 8.07 Å². The molecule has 1 atom stereocenters. The molecule has 0 fully saturated rings. The van der Waals surface area contributed by atoms with E-state index in [1.807, 2.05) is 0 Å². The lowest BCUT2D eigenvalue weighted by Gasteiger charge is -2.38. The molecule has 0 aromatic carbocycles. The Hall–Kier alpha value is 0.244. The lowest BCUT2D eigenvalue weighted by molar-refractivity contribution is 0.222. The van der Waals surface area contributed by atoms with Crippen LogP contribution in [0.3, 0.4) is 0 Å². The van der Waals surface area contributed by atoms with Gasteiger partial charge < -0.3 is 4.43 Å². The molecular weight excluding hydrogens is 300 g/mol. The zero-order valence-corrected chi connectivity index (χ0v) is 17.4. The van der Waals surface area contributed by atoms with Crippen molar-refractivity contribution in [3.8, 4) is 11.8 Å². The lowest BCUT2D eigenvalue weighted by Crippen LogP contribution is -2.43. The summed E-state index contributed by atoms with van der Waals surface area (Å²) < 4.78 is 6.44. The van der Waals surface area contributed by atoms with Gasteiger partial charge >= 0.3 is 0 Å². The molecule has 0 heterocycles. The van der Waals surface area contributed by atoms with Crippen molar-refractivity contribution in [3.63, 3.8) is 0 Å². The zero-order valence-electron chi connectivity index (χ0n) is 14.7. The van der Waals surface area contributed by atoms with E-state index in [4.69, 9.17) is 16.0 Å². The van der Waals surface area contributed by atoms with E-state index < -0.39 is 16.4 Å². The molecule has 0 aromatic rings. The number of halogens is 1. The second-order valence-corrected chi connectivity index (χ2v) is 18.9. The van der Waals surface area contributed by atoms with Crippen LogP contribution in [-0.2, 0) is 4.43 Å². The molecule has 0 bridgehead atoms. The van der Waals surface area contributed by atoms with E-state index in [1.54, 1.807) is 0 Å². The SMILES string of the molecule is CC(C)(C)[Si](C)(C)O[C@H](C#CC[Si](C)(C)C)CCCCl. The molecule has 0 unspecified atom stereocenters. The molecule has 0 spiro atoms. The first-order valence-corrected chi connectivity index (χ1v) is 14.8. The van der Waals surface area contributed by atoms with E-state index in [1.165, 1.54) is 0 Å². The van der Waals surface area contributed by atoms with E-state index >= 15 is 0 Å². The van der Waals surface area contributed by atoms with E-state index in [9.17, 15) is 0 Å². The summed E-state index contributed by atoms with van der Waals surface area (Å²) >= 11 is 5.83. The van der Waals surface area contributed by atoms with Crippen molar-refractivity contribution in [1.82, 2.24) is 0 Å². The maximum atomic E-state index is 6.44. The van der Waals surface area contributed by atoms with Crippen LogP contribution < -0.4 is 0 Å². The van der Waals surface area contributed by atoms with Gasteiger partial charge in [0.25, 0.3) is 0 Å². The number of hydrogen-bond donors (Lipinski definition) is 0. The Bertz CT molecular complexity index is 342. The van der Waals surface area contributed by atoms with Gasteiger partial charge in [0.2, 0.25) is 0 Å². The summed E-state index contributed by atoms with van der Waals surface area (Å²) in [5.41, 5.74) is 0. The molecule has 0 rings (SSSR count). The normalized spacial score (nSPS) is 14.7. The van der Waals surface area contributed by atoms with E-state index in [2.05, 4.69) is 65.3 Å². The summed E-state index contributed by atoms with van der Waals surface area (Å²) in [7, 11) is -2.84. The summed E-state index contributed by atoms with van der Waals surface area (Å²) in [5.74, 6) is 7.44. The van der Waals surface area contributed by atoms with Crippen molar-refractivity contribution < 1.29 is 4.43 Å². The first-order chi connectivity index (χ1) is 8.89. The summed E-state index contributed by atoms with van der Waals surface area (Å²) in [6.07, 6.45) is 1.99. The fourth-order valence-electron chi connectivity index (χ4n) is 1.39. The molecule has 0 aliphatic heterocycles. The molecule has 0 amide bonds. The number of rotatable bonds is 6. The van der Waals surface area contributed by atoms with Crippen LogP contribution in [0.25, 0.3) is 0 Å². The largest absolute Gasteiger partial charge is 0.403 e. The minimum absolute atomic E-state index is 0.0611. The Morgan fingerprint density at radius 3 is 2.05 bits per heavy atom. The molecule has 4 heteroatoms. The van der Waals surface area contributed by atoms with Crippen LogP contribution >= 0.6 is 11.6 Å². The Morgan fingerprint density at radius 1 is 1.10 bits per heavy atom. The molecule has 0 radical (unpaired) electrons. The van der Waals surface area contributed by atoms with Gasteiger partial charge in [-0.2, -0.15) is 0 Å². The minimum Gasteiger partial charge on any atom is -0.403 e. The highest BCUT2D eigenvalue weighted by molar-refractivity contribution is 6.76. The summed E-state index contributed by atoms with van der Waals surface area (Å²) in [6, 6.07) is 1.05. The molecule has 0 aliphatic rings. The third-order valence-corrected chi connectivity index (χ3v) is 9.72. The summed E-state index contributed by atoms with van der Waals surface area (Å²) in [6.45, 7) is 18.5. The van der Waals surface area contributed by atoms with Gasteiger partial charge in [-0.05, 0) is 31.0 Å². The first-order valence-electron chi connectivity index (χ1n) is 7.61. The van der Waals surface area contributed by atoms with Crippen molar-refractivity contribution in [1.29, 1.82) is 0 Å². The zero-order chi connectivity index (χ0) is 16.0.